The summed E-state index contributed by atoms with van der Waals surface area (Å²) in [5, 5.41) is 51.1. The van der Waals surface area contributed by atoms with E-state index in [1.165, 1.54) is 0 Å². The summed E-state index contributed by atoms with van der Waals surface area (Å²) >= 11 is 0. The lowest BCUT2D eigenvalue weighted by atomic mass is 9.98. The van der Waals surface area contributed by atoms with Gasteiger partial charge in [0.25, 0.3) is 0 Å². The number of nitrogens with zero attached hydrogens (tertiary/aromatic N) is 1. The van der Waals surface area contributed by atoms with Gasteiger partial charge in [-0.3, -0.25) is 0 Å². The molecule has 0 bridgehead atoms. The molecule has 2 heterocycles. The average Bonchev–Trinajstić information content (AvgIpc) is 3.06. The van der Waals surface area contributed by atoms with E-state index in [4.69, 9.17) is 4.74 Å². The SMILES string of the molecule is Cc1cc(C)c2c(Cc3ccc(O)cc3)cn([C@@H]3O[C@H](CO)[C@@H](O)[C@H](O)[C@H]3O)c2c1. The van der Waals surface area contributed by atoms with Crippen LogP contribution < -0.4 is 0 Å². The third-order valence-corrected chi connectivity index (χ3v) is 5.83. The summed E-state index contributed by atoms with van der Waals surface area (Å²) in [4.78, 5) is 0. The standard InChI is InChI=1S/C23H27NO6/c1-12-7-13(2)19-15(9-14-3-5-16(26)6-4-14)10-24(17(19)8-12)23-22(29)21(28)20(27)18(11-25)30-23/h3-8,10,18,20-23,25-29H,9,11H2,1-2H3/t18-,20-,21+,22-,23-/m1/s1. The van der Waals surface area contributed by atoms with E-state index in [1.54, 1.807) is 16.7 Å². The fraction of sp³-hybridized carbons (Fsp3) is 0.391. The van der Waals surface area contributed by atoms with E-state index in [9.17, 15) is 25.5 Å². The first kappa shape index (κ1) is 20.8. The second kappa shape index (κ2) is 8.02. The van der Waals surface area contributed by atoms with Crippen LogP contribution in [-0.2, 0) is 11.2 Å². The summed E-state index contributed by atoms with van der Waals surface area (Å²) in [5.41, 5.74) is 4.97. The highest BCUT2D eigenvalue weighted by Crippen LogP contribution is 2.35. The summed E-state index contributed by atoms with van der Waals surface area (Å²) in [7, 11) is 0. The summed E-state index contributed by atoms with van der Waals surface area (Å²) in [6.45, 7) is 3.53. The molecule has 2 aromatic carbocycles. The van der Waals surface area contributed by atoms with Crippen LogP contribution in [0, 0.1) is 13.8 Å². The molecular weight excluding hydrogens is 386 g/mol. The molecule has 1 fully saturated rings. The lowest BCUT2D eigenvalue weighted by Crippen LogP contribution is -2.56. The number of aliphatic hydroxyl groups is 4. The number of fused-ring (bicyclic) bond motifs is 1. The van der Waals surface area contributed by atoms with Crippen LogP contribution in [0.2, 0.25) is 0 Å². The van der Waals surface area contributed by atoms with Crippen molar-refractivity contribution in [3.63, 3.8) is 0 Å². The molecule has 3 aromatic rings. The van der Waals surface area contributed by atoms with Gasteiger partial charge in [0.1, 0.15) is 30.2 Å². The van der Waals surface area contributed by atoms with Gasteiger partial charge in [0.05, 0.1) is 12.1 Å². The zero-order chi connectivity index (χ0) is 21.6. The lowest BCUT2D eigenvalue weighted by Gasteiger charge is -2.40. The van der Waals surface area contributed by atoms with Gasteiger partial charge in [0.15, 0.2) is 6.23 Å². The van der Waals surface area contributed by atoms with Crippen molar-refractivity contribution < 1.29 is 30.3 Å². The van der Waals surface area contributed by atoms with Crippen molar-refractivity contribution in [1.29, 1.82) is 0 Å². The van der Waals surface area contributed by atoms with Crippen LogP contribution in [-0.4, -0.2) is 61.1 Å². The van der Waals surface area contributed by atoms with E-state index < -0.39 is 37.3 Å². The zero-order valence-electron chi connectivity index (χ0n) is 16.9. The molecule has 7 nitrogen and oxygen atoms in total. The minimum absolute atomic E-state index is 0.203. The Morgan fingerprint density at radius 2 is 1.67 bits per heavy atom. The molecule has 1 aromatic heterocycles. The number of aromatic hydroxyl groups is 1. The average molecular weight is 413 g/mol. The Hall–Kier alpha value is -2.42. The fourth-order valence-electron chi connectivity index (χ4n) is 4.36. The molecule has 1 saturated heterocycles. The largest absolute Gasteiger partial charge is 0.508 e. The maximum Gasteiger partial charge on any atom is 0.163 e. The molecule has 0 aliphatic carbocycles. The fourth-order valence-corrected chi connectivity index (χ4v) is 4.36. The van der Waals surface area contributed by atoms with Crippen LogP contribution in [0.5, 0.6) is 5.75 Å². The highest BCUT2D eigenvalue weighted by atomic mass is 16.6. The number of aliphatic hydroxyl groups excluding tert-OH is 4. The molecule has 0 amide bonds. The van der Waals surface area contributed by atoms with E-state index in [0.29, 0.717) is 6.42 Å². The van der Waals surface area contributed by atoms with E-state index in [0.717, 1.165) is 33.2 Å². The van der Waals surface area contributed by atoms with Gasteiger partial charge in [-0.15, -0.1) is 0 Å². The van der Waals surface area contributed by atoms with Crippen molar-refractivity contribution >= 4 is 10.9 Å². The van der Waals surface area contributed by atoms with Gasteiger partial charge in [-0.1, -0.05) is 18.2 Å². The number of rotatable bonds is 4. The summed E-state index contributed by atoms with van der Waals surface area (Å²) in [5.74, 6) is 0.203. The normalized spacial score (nSPS) is 26.9. The Morgan fingerprint density at radius 3 is 2.33 bits per heavy atom. The number of phenols is 1. The minimum atomic E-state index is -1.44. The van der Waals surface area contributed by atoms with Crippen LogP contribution in [0.15, 0.2) is 42.6 Å². The van der Waals surface area contributed by atoms with E-state index in [-0.39, 0.29) is 5.75 Å². The highest BCUT2D eigenvalue weighted by Gasteiger charge is 2.44. The predicted molar refractivity (Wildman–Crippen MR) is 111 cm³/mol. The van der Waals surface area contributed by atoms with Gasteiger partial charge in [0, 0.05) is 11.6 Å². The smallest absolute Gasteiger partial charge is 0.163 e. The van der Waals surface area contributed by atoms with Gasteiger partial charge in [0.2, 0.25) is 0 Å². The van der Waals surface area contributed by atoms with Gasteiger partial charge >= 0.3 is 0 Å². The maximum atomic E-state index is 10.6. The van der Waals surface area contributed by atoms with Crippen molar-refractivity contribution in [2.75, 3.05) is 6.61 Å². The molecule has 0 radical (unpaired) electrons. The van der Waals surface area contributed by atoms with Gasteiger partial charge in [-0.25, -0.2) is 0 Å². The number of ether oxygens (including phenoxy) is 1. The first-order chi connectivity index (χ1) is 14.3. The Kier molecular flexibility index (Phi) is 5.57. The highest BCUT2D eigenvalue weighted by molar-refractivity contribution is 5.88. The van der Waals surface area contributed by atoms with Crippen molar-refractivity contribution in [3.05, 3.63) is 64.8 Å². The summed E-state index contributed by atoms with van der Waals surface area (Å²) < 4.78 is 7.57. The second-order valence-corrected chi connectivity index (χ2v) is 8.10. The van der Waals surface area contributed by atoms with E-state index in [2.05, 4.69) is 6.07 Å². The van der Waals surface area contributed by atoms with Crippen molar-refractivity contribution in [2.24, 2.45) is 0 Å². The van der Waals surface area contributed by atoms with Crippen molar-refractivity contribution in [2.45, 2.75) is 50.9 Å². The molecule has 0 spiro atoms. The maximum absolute atomic E-state index is 10.6. The summed E-state index contributed by atoms with van der Waals surface area (Å²) in [6.07, 6.45) is -3.65. The van der Waals surface area contributed by atoms with Crippen molar-refractivity contribution in [1.82, 2.24) is 4.57 Å². The number of aromatic nitrogens is 1. The van der Waals surface area contributed by atoms with Crippen LogP contribution >= 0.6 is 0 Å². The van der Waals surface area contributed by atoms with Gasteiger partial charge in [-0.05, 0) is 60.7 Å². The number of hydrogen-bond acceptors (Lipinski definition) is 6. The quantitative estimate of drug-likeness (QED) is 0.443. The van der Waals surface area contributed by atoms with Crippen molar-refractivity contribution in [3.8, 4) is 5.75 Å². The molecule has 1 aliphatic heterocycles. The number of hydrogen-bond donors (Lipinski definition) is 5. The molecule has 160 valence electrons. The molecule has 30 heavy (non-hydrogen) atoms. The first-order valence-corrected chi connectivity index (χ1v) is 9.99. The molecule has 4 rings (SSSR count). The first-order valence-electron chi connectivity index (χ1n) is 9.99. The Morgan fingerprint density at radius 1 is 0.967 bits per heavy atom. The number of benzene rings is 2. The molecular formula is C23H27NO6. The van der Waals surface area contributed by atoms with Crippen LogP contribution in [0.3, 0.4) is 0 Å². The topological polar surface area (TPSA) is 115 Å². The van der Waals surface area contributed by atoms with Crippen LogP contribution in [0.1, 0.15) is 28.5 Å². The van der Waals surface area contributed by atoms with E-state index in [1.807, 2.05) is 38.2 Å². The Labute approximate surface area is 174 Å². The monoisotopic (exact) mass is 413 g/mol. The van der Waals surface area contributed by atoms with Crippen LogP contribution in [0.4, 0.5) is 0 Å². The molecule has 5 atom stereocenters. The molecule has 1 aliphatic rings. The number of aryl methyl sites for hydroxylation is 2. The summed E-state index contributed by atoms with van der Waals surface area (Å²) in [6, 6.07) is 11.1. The van der Waals surface area contributed by atoms with Gasteiger partial charge < -0.3 is 34.8 Å². The van der Waals surface area contributed by atoms with E-state index >= 15 is 0 Å². The van der Waals surface area contributed by atoms with Gasteiger partial charge in [-0.2, -0.15) is 0 Å². The molecule has 0 unspecified atom stereocenters. The molecule has 0 saturated carbocycles. The lowest BCUT2D eigenvalue weighted by molar-refractivity contribution is -0.250. The number of phenolic OH excluding ortho intramolecular Hbond substituents is 1. The second-order valence-electron chi connectivity index (χ2n) is 8.10. The van der Waals surface area contributed by atoms with Crippen LogP contribution in [0.25, 0.3) is 10.9 Å². The zero-order valence-corrected chi connectivity index (χ0v) is 16.9. The predicted octanol–water partition coefficient (Wildman–Crippen LogP) is 1.53. The third kappa shape index (κ3) is 3.59. The third-order valence-electron chi connectivity index (χ3n) is 5.83. The molecule has 5 N–H and O–H groups in total. The minimum Gasteiger partial charge on any atom is -0.508 e. The Bertz CT molecular complexity index is 1040. The molecule has 7 heteroatoms. The Balaban J connectivity index is 1.83.